The Morgan fingerprint density at radius 3 is 2.80 bits per heavy atom. The van der Waals surface area contributed by atoms with Crippen LogP contribution in [0.25, 0.3) is 5.95 Å². The molecule has 0 unspecified atom stereocenters. The van der Waals surface area contributed by atoms with Gasteiger partial charge in [-0.1, -0.05) is 12.8 Å². The van der Waals surface area contributed by atoms with Gasteiger partial charge in [-0.15, -0.1) is 0 Å². The van der Waals surface area contributed by atoms with E-state index in [4.69, 9.17) is 0 Å². The van der Waals surface area contributed by atoms with Crippen LogP contribution in [0.1, 0.15) is 25.7 Å². The molecule has 2 heterocycles. The fraction of sp³-hybridized carbons (Fsp3) is 0.538. The van der Waals surface area contributed by atoms with Gasteiger partial charge in [0.25, 0.3) is 5.95 Å². The molecule has 20 heavy (non-hydrogen) atoms. The summed E-state index contributed by atoms with van der Waals surface area (Å²) < 4.78 is 1.62. The van der Waals surface area contributed by atoms with Crippen molar-refractivity contribution in [3.05, 3.63) is 18.5 Å². The van der Waals surface area contributed by atoms with E-state index < -0.39 is 0 Å². The average molecular weight is 273 g/mol. The maximum Gasteiger partial charge on any atom is 0.257 e. The third-order valence-electron chi connectivity index (χ3n) is 3.33. The molecular weight excluding hydrogens is 254 g/mol. The van der Waals surface area contributed by atoms with Gasteiger partial charge in [-0.2, -0.15) is 20.1 Å². The van der Waals surface area contributed by atoms with Gasteiger partial charge in [-0.25, -0.2) is 4.68 Å². The predicted molar refractivity (Wildman–Crippen MR) is 76.9 cm³/mol. The molecule has 3 rings (SSSR count). The van der Waals surface area contributed by atoms with Crippen molar-refractivity contribution in [2.24, 2.45) is 5.92 Å². The van der Waals surface area contributed by atoms with E-state index in [-0.39, 0.29) is 0 Å². The molecule has 106 valence electrons. The highest BCUT2D eigenvalue weighted by molar-refractivity contribution is 5.37. The minimum Gasteiger partial charge on any atom is -0.357 e. The fourth-order valence-corrected chi connectivity index (χ4v) is 2.04. The van der Waals surface area contributed by atoms with E-state index in [1.54, 1.807) is 17.9 Å². The first kappa shape index (κ1) is 12.8. The van der Waals surface area contributed by atoms with Gasteiger partial charge in [0, 0.05) is 26.0 Å². The van der Waals surface area contributed by atoms with Crippen molar-refractivity contribution in [1.29, 1.82) is 0 Å². The van der Waals surface area contributed by atoms with Crippen molar-refractivity contribution >= 4 is 11.9 Å². The summed E-state index contributed by atoms with van der Waals surface area (Å²) in [5.74, 6) is 2.60. The molecule has 1 aliphatic carbocycles. The topological polar surface area (TPSA) is 80.5 Å². The summed E-state index contributed by atoms with van der Waals surface area (Å²) in [6.07, 6.45) is 8.76. The Morgan fingerprint density at radius 1 is 1.25 bits per heavy atom. The Labute approximate surface area is 117 Å². The lowest BCUT2D eigenvalue weighted by Gasteiger charge is -2.08. The SMILES string of the molecule is CNc1nc(NCCCC2CC2)nc(-n2cccn2)n1. The number of hydrogen-bond donors (Lipinski definition) is 2. The molecular formula is C13H19N7. The quantitative estimate of drug-likeness (QED) is 0.747. The van der Waals surface area contributed by atoms with Crippen LogP contribution in [-0.2, 0) is 0 Å². The number of rotatable bonds is 7. The van der Waals surface area contributed by atoms with E-state index in [1.165, 1.54) is 19.3 Å². The third-order valence-corrected chi connectivity index (χ3v) is 3.33. The molecule has 0 aliphatic heterocycles. The fourth-order valence-electron chi connectivity index (χ4n) is 2.04. The summed E-state index contributed by atoms with van der Waals surface area (Å²) in [6, 6.07) is 1.84. The maximum atomic E-state index is 4.38. The number of aromatic nitrogens is 5. The predicted octanol–water partition coefficient (Wildman–Crippen LogP) is 1.70. The van der Waals surface area contributed by atoms with Gasteiger partial charge in [0.05, 0.1) is 0 Å². The molecule has 2 aromatic heterocycles. The zero-order chi connectivity index (χ0) is 13.8. The smallest absolute Gasteiger partial charge is 0.257 e. The van der Waals surface area contributed by atoms with Gasteiger partial charge in [0.1, 0.15) is 0 Å². The maximum absolute atomic E-state index is 4.38. The van der Waals surface area contributed by atoms with Crippen molar-refractivity contribution in [1.82, 2.24) is 24.7 Å². The molecule has 0 bridgehead atoms. The Hall–Kier alpha value is -2.18. The summed E-state index contributed by atoms with van der Waals surface area (Å²) >= 11 is 0. The summed E-state index contributed by atoms with van der Waals surface area (Å²) in [5.41, 5.74) is 0. The Balaban J connectivity index is 1.67. The molecule has 7 nitrogen and oxygen atoms in total. The second kappa shape index (κ2) is 5.85. The van der Waals surface area contributed by atoms with E-state index >= 15 is 0 Å². The molecule has 0 atom stereocenters. The Morgan fingerprint density at radius 2 is 2.10 bits per heavy atom. The zero-order valence-electron chi connectivity index (χ0n) is 11.6. The second-order valence-corrected chi connectivity index (χ2v) is 5.00. The largest absolute Gasteiger partial charge is 0.357 e. The average Bonchev–Trinajstić information content (AvgIpc) is 3.14. The van der Waals surface area contributed by atoms with E-state index in [0.717, 1.165) is 18.9 Å². The van der Waals surface area contributed by atoms with Crippen LogP contribution in [0.2, 0.25) is 0 Å². The van der Waals surface area contributed by atoms with Gasteiger partial charge in [-0.05, 0) is 24.8 Å². The standard InChI is InChI=1S/C13H19N7/c1-14-11-17-12(15-7-2-4-10-5-6-10)19-13(18-11)20-9-3-8-16-20/h3,8-10H,2,4-7H2,1H3,(H2,14,15,17,18,19). The third kappa shape index (κ3) is 3.23. The number of nitrogens with zero attached hydrogens (tertiary/aromatic N) is 5. The first-order chi connectivity index (χ1) is 9.85. The van der Waals surface area contributed by atoms with Gasteiger partial charge >= 0.3 is 0 Å². The van der Waals surface area contributed by atoms with Crippen molar-refractivity contribution in [2.75, 3.05) is 24.2 Å². The van der Waals surface area contributed by atoms with Gasteiger partial charge in [0.15, 0.2) is 0 Å². The van der Waals surface area contributed by atoms with Gasteiger partial charge in [-0.3, -0.25) is 0 Å². The lowest BCUT2D eigenvalue weighted by molar-refractivity contribution is 0.684. The first-order valence-corrected chi connectivity index (χ1v) is 7.03. The molecule has 1 aliphatic rings. The van der Waals surface area contributed by atoms with Crippen LogP contribution in [0.3, 0.4) is 0 Å². The van der Waals surface area contributed by atoms with E-state index in [2.05, 4.69) is 30.7 Å². The molecule has 1 fully saturated rings. The monoisotopic (exact) mass is 273 g/mol. The van der Waals surface area contributed by atoms with E-state index in [9.17, 15) is 0 Å². The van der Waals surface area contributed by atoms with Crippen molar-refractivity contribution < 1.29 is 0 Å². The Kier molecular flexibility index (Phi) is 3.76. The number of nitrogens with one attached hydrogen (secondary N) is 2. The van der Waals surface area contributed by atoms with Crippen LogP contribution >= 0.6 is 0 Å². The van der Waals surface area contributed by atoms with E-state index in [0.29, 0.717) is 17.8 Å². The lowest BCUT2D eigenvalue weighted by Crippen LogP contribution is -2.12. The highest BCUT2D eigenvalue weighted by Crippen LogP contribution is 2.33. The highest BCUT2D eigenvalue weighted by Gasteiger charge is 2.20. The minimum absolute atomic E-state index is 0.513. The Bertz CT molecular complexity index is 548. The molecule has 2 aromatic rings. The summed E-state index contributed by atoms with van der Waals surface area (Å²) in [4.78, 5) is 13.0. The zero-order valence-corrected chi connectivity index (χ0v) is 11.6. The van der Waals surface area contributed by atoms with Crippen LogP contribution in [0.5, 0.6) is 0 Å². The van der Waals surface area contributed by atoms with Gasteiger partial charge < -0.3 is 10.6 Å². The van der Waals surface area contributed by atoms with E-state index in [1.807, 2.05) is 12.3 Å². The summed E-state index contributed by atoms with van der Waals surface area (Å²) in [7, 11) is 1.79. The molecule has 0 radical (unpaired) electrons. The van der Waals surface area contributed by atoms with Crippen LogP contribution in [0.4, 0.5) is 11.9 Å². The molecule has 1 saturated carbocycles. The van der Waals surface area contributed by atoms with Crippen molar-refractivity contribution in [3.8, 4) is 5.95 Å². The molecule has 0 saturated heterocycles. The lowest BCUT2D eigenvalue weighted by atomic mass is 10.2. The molecule has 0 aromatic carbocycles. The van der Waals surface area contributed by atoms with Crippen molar-refractivity contribution in [2.45, 2.75) is 25.7 Å². The molecule has 2 N–H and O–H groups in total. The van der Waals surface area contributed by atoms with Crippen molar-refractivity contribution in [3.63, 3.8) is 0 Å². The summed E-state index contributed by atoms with van der Waals surface area (Å²) in [5, 5.41) is 10.3. The van der Waals surface area contributed by atoms with Gasteiger partial charge in [0.2, 0.25) is 11.9 Å². The summed E-state index contributed by atoms with van der Waals surface area (Å²) in [6.45, 7) is 0.891. The molecule has 7 heteroatoms. The minimum atomic E-state index is 0.513. The number of anilines is 2. The van der Waals surface area contributed by atoms with Crippen LogP contribution in [-0.4, -0.2) is 38.3 Å². The van der Waals surface area contributed by atoms with Crippen LogP contribution in [0.15, 0.2) is 18.5 Å². The second-order valence-electron chi connectivity index (χ2n) is 5.00. The van der Waals surface area contributed by atoms with Crippen LogP contribution < -0.4 is 10.6 Å². The normalized spacial score (nSPS) is 14.2. The number of hydrogen-bond acceptors (Lipinski definition) is 6. The molecule has 0 amide bonds. The molecule has 0 spiro atoms. The van der Waals surface area contributed by atoms with Crippen LogP contribution in [0, 0.1) is 5.92 Å². The first-order valence-electron chi connectivity index (χ1n) is 7.03. The highest BCUT2D eigenvalue weighted by atomic mass is 15.4.